The second kappa shape index (κ2) is 4.43. The minimum atomic E-state index is -0.283. The van der Waals surface area contributed by atoms with Crippen LogP contribution < -0.4 is 4.90 Å². The molecule has 21 heavy (non-hydrogen) atoms. The lowest BCUT2D eigenvalue weighted by Crippen LogP contribution is -2.21. The molecule has 1 atom stereocenters. The molecule has 3 aromatic heterocycles. The number of rotatable bonds is 1. The summed E-state index contributed by atoms with van der Waals surface area (Å²) < 4.78 is 0. The van der Waals surface area contributed by atoms with Crippen molar-refractivity contribution in [1.82, 2.24) is 15.0 Å². The summed E-state index contributed by atoms with van der Waals surface area (Å²) in [6.45, 7) is 1.45. The maximum absolute atomic E-state index is 9.76. The zero-order valence-corrected chi connectivity index (χ0v) is 11.2. The topological polar surface area (TPSA) is 88.8 Å². The third kappa shape index (κ3) is 1.82. The van der Waals surface area contributed by atoms with Gasteiger partial charge in [0.2, 0.25) is 0 Å². The van der Waals surface area contributed by atoms with Gasteiger partial charge >= 0.3 is 0 Å². The molecular formula is C15H13N5O. The molecule has 1 unspecified atom stereocenters. The van der Waals surface area contributed by atoms with Gasteiger partial charge in [-0.1, -0.05) is 0 Å². The van der Waals surface area contributed by atoms with Gasteiger partial charge < -0.3 is 15.0 Å². The van der Waals surface area contributed by atoms with Crippen LogP contribution in [0.4, 0.5) is 5.69 Å². The summed E-state index contributed by atoms with van der Waals surface area (Å²) in [5, 5.41) is 20.7. The smallest absolute Gasteiger partial charge is 0.141 e. The van der Waals surface area contributed by atoms with Crippen molar-refractivity contribution >= 4 is 27.6 Å². The zero-order chi connectivity index (χ0) is 14.4. The zero-order valence-electron chi connectivity index (χ0n) is 11.2. The quantitative estimate of drug-likeness (QED) is 0.705. The standard InChI is InChI=1S/C15H13N5O/c16-6-9-5-11-12(7-18-9)19-15-14(11)13(1-3-17-15)20-4-2-10(21)8-20/h1,3,5,7,10,21H,2,4,8H2,(H,17,19). The van der Waals surface area contributed by atoms with Gasteiger partial charge in [-0.05, 0) is 18.6 Å². The van der Waals surface area contributed by atoms with Crippen LogP contribution in [0.25, 0.3) is 21.9 Å². The van der Waals surface area contributed by atoms with E-state index >= 15 is 0 Å². The van der Waals surface area contributed by atoms with Crippen LogP contribution in [0.5, 0.6) is 0 Å². The Morgan fingerprint density at radius 2 is 2.33 bits per heavy atom. The van der Waals surface area contributed by atoms with Crippen molar-refractivity contribution in [3.8, 4) is 6.07 Å². The maximum atomic E-state index is 9.76. The van der Waals surface area contributed by atoms with E-state index in [1.807, 2.05) is 6.07 Å². The Morgan fingerprint density at radius 3 is 3.10 bits per heavy atom. The predicted molar refractivity (Wildman–Crippen MR) is 78.9 cm³/mol. The van der Waals surface area contributed by atoms with E-state index in [-0.39, 0.29) is 6.10 Å². The number of aliphatic hydroxyl groups excluding tert-OH is 1. The van der Waals surface area contributed by atoms with Gasteiger partial charge in [-0.2, -0.15) is 5.26 Å². The molecule has 0 aliphatic carbocycles. The summed E-state index contributed by atoms with van der Waals surface area (Å²) in [5.41, 5.74) is 3.07. The Balaban J connectivity index is 2.00. The molecule has 3 aromatic rings. The normalized spacial score (nSPS) is 18.5. The van der Waals surface area contributed by atoms with Crippen LogP contribution in [0, 0.1) is 11.3 Å². The average molecular weight is 279 g/mol. The Labute approximate surface area is 120 Å². The van der Waals surface area contributed by atoms with Gasteiger partial charge in [-0.15, -0.1) is 0 Å². The summed E-state index contributed by atoms with van der Waals surface area (Å²) in [7, 11) is 0. The molecule has 6 nitrogen and oxygen atoms in total. The molecule has 2 N–H and O–H groups in total. The van der Waals surface area contributed by atoms with Crippen LogP contribution in [0.3, 0.4) is 0 Å². The minimum absolute atomic E-state index is 0.283. The van der Waals surface area contributed by atoms with E-state index in [0.29, 0.717) is 12.2 Å². The van der Waals surface area contributed by atoms with Crippen molar-refractivity contribution in [3.05, 3.63) is 30.2 Å². The summed E-state index contributed by atoms with van der Waals surface area (Å²) in [5.74, 6) is 0. The highest BCUT2D eigenvalue weighted by Gasteiger charge is 2.23. The van der Waals surface area contributed by atoms with Crippen molar-refractivity contribution in [1.29, 1.82) is 5.26 Å². The van der Waals surface area contributed by atoms with Gasteiger partial charge in [0, 0.05) is 24.7 Å². The van der Waals surface area contributed by atoms with Crippen LogP contribution in [-0.2, 0) is 0 Å². The van der Waals surface area contributed by atoms with Crippen LogP contribution >= 0.6 is 0 Å². The largest absolute Gasteiger partial charge is 0.391 e. The van der Waals surface area contributed by atoms with Crippen molar-refractivity contribution in [2.75, 3.05) is 18.0 Å². The van der Waals surface area contributed by atoms with E-state index in [2.05, 4.69) is 25.9 Å². The predicted octanol–water partition coefficient (Wildman–Crippen LogP) is 1.55. The molecule has 104 valence electrons. The molecule has 0 spiro atoms. The molecule has 1 fully saturated rings. The molecule has 6 heteroatoms. The number of hydrogen-bond acceptors (Lipinski definition) is 5. The molecule has 0 saturated carbocycles. The molecular weight excluding hydrogens is 266 g/mol. The second-order valence-corrected chi connectivity index (χ2v) is 5.29. The summed E-state index contributed by atoms with van der Waals surface area (Å²) in [4.78, 5) is 13.8. The second-order valence-electron chi connectivity index (χ2n) is 5.29. The third-order valence-electron chi connectivity index (χ3n) is 3.97. The van der Waals surface area contributed by atoms with Crippen LogP contribution in [0.2, 0.25) is 0 Å². The first kappa shape index (κ1) is 12.1. The van der Waals surface area contributed by atoms with E-state index in [9.17, 15) is 5.11 Å². The number of hydrogen-bond donors (Lipinski definition) is 2. The van der Waals surface area contributed by atoms with Gasteiger partial charge in [-0.25, -0.2) is 9.97 Å². The number of β-amino-alcohol motifs (C(OH)–C–C–N with tert-alkyl or cyclic N) is 1. The lowest BCUT2D eigenvalue weighted by molar-refractivity contribution is 0.198. The summed E-state index contributed by atoms with van der Waals surface area (Å²) >= 11 is 0. The number of aromatic nitrogens is 3. The first-order valence-electron chi connectivity index (χ1n) is 6.86. The number of nitrogens with one attached hydrogen (secondary N) is 1. The Morgan fingerprint density at radius 1 is 1.43 bits per heavy atom. The van der Waals surface area contributed by atoms with Crippen molar-refractivity contribution < 1.29 is 5.11 Å². The molecule has 1 saturated heterocycles. The van der Waals surface area contributed by atoms with Gasteiger partial charge in [0.25, 0.3) is 0 Å². The van der Waals surface area contributed by atoms with Crippen molar-refractivity contribution in [3.63, 3.8) is 0 Å². The number of nitriles is 1. The lowest BCUT2D eigenvalue weighted by Gasteiger charge is -2.18. The molecule has 1 aliphatic rings. The number of aromatic amines is 1. The Kier molecular flexibility index (Phi) is 2.56. The summed E-state index contributed by atoms with van der Waals surface area (Å²) in [6.07, 6.45) is 3.92. The molecule has 4 rings (SSSR count). The first-order valence-corrected chi connectivity index (χ1v) is 6.86. The van der Waals surface area contributed by atoms with Crippen LogP contribution in [0.1, 0.15) is 12.1 Å². The number of fused-ring (bicyclic) bond motifs is 3. The lowest BCUT2D eigenvalue weighted by atomic mass is 10.1. The van der Waals surface area contributed by atoms with Crippen molar-refractivity contribution in [2.24, 2.45) is 0 Å². The molecule has 1 aliphatic heterocycles. The molecule has 0 amide bonds. The van der Waals surface area contributed by atoms with Gasteiger partial charge in [0.05, 0.1) is 28.9 Å². The van der Waals surface area contributed by atoms with E-state index < -0.39 is 0 Å². The van der Waals surface area contributed by atoms with E-state index in [1.165, 1.54) is 0 Å². The van der Waals surface area contributed by atoms with Gasteiger partial charge in [0.15, 0.2) is 0 Å². The monoisotopic (exact) mass is 279 g/mol. The number of nitrogens with zero attached hydrogens (tertiary/aromatic N) is 4. The fourth-order valence-electron chi connectivity index (χ4n) is 2.99. The highest BCUT2D eigenvalue weighted by Crippen LogP contribution is 2.34. The number of anilines is 1. The molecule has 0 aromatic carbocycles. The fourth-order valence-corrected chi connectivity index (χ4v) is 2.99. The Hall–Kier alpha value is -2.65. The SMILES string of the molecule is N#Cc1cc2c(cn1)[nH]c1nccc(N3CCC(O)C3)c12. The van der Waals surface area contributed by atoms with Crippen molar-refractivity contribution in [2.45, 2.75) is 12.5 Å². The van der Waals surface area contributed by atoms with Crippen LogP contribution in [-0.4, -0.2) is 39.3 Å². The highest BCUT2D eigenvalue weighted by atomic mass is 16.3. The molecule has 4 heterocycles. The highest BCUT2D eigenvalue weighted by molar-refractivity contribution is 6.12. The Bertz CT molecular complexity index is 879. The first-order chi connectivity index (χ1) is 10.3. The van der Waals surface area contributed by atoms with Crippen LogP contribution in [0.15, 0.2) is 24.5 Å². The van der Waals surface area contributed by atoms with Gasteiger partial charge in [-0.3, -0.25) is 0 Å². The van der Waals surface area contributed by atoms with E-state index in [0.717, 1.165) is 40.6 Å². The fraction of sp³-hybridized carbons (Fsp3) is 0.267. The number of pyridine rings is 2. The van der Waals surface area contributed by atoms with E-state index in [1.54, 1.807) is 18.5 Å². The average Bonchev–Trinajstić information content (AvgIpc) is 3.09. The maximum Gasteiger partial charge on any atom is 0.141 e. The van der Waals surface area contributed by atoms with Gasteiger partial charge in [0.1, 0.15) is 17.4 Å². The number of aliphatic hydroxyl groups is 1. The molecule has 0 radical (unpaired) electrons. The third-order valence-corrected chi connectivity index (χ3v) is 3.97. The molecule has 0 bridgehead atoms. The van der Waals surface area contributed by atoms with E-state index in [4.69, 9.17) is 5.26 Å². The minimum Gasteiger partial charge on any atom is -0.391 e. The summed E-state index contributed by atoms with van der Waals surface area (Å²) in [6, 6.07) is 5.81. The number of H-pyrrole nitrogens is 1.